The molecule has 2 aromatic rings. The van der Waals surface area contributed by atoms with E-state index in [9.17, 15) is 32.3 Å². The van der Waals surface area contributed by atoms with Crippen LogP contribution in [0.1, 0.15) is 43.6 Å². The minimum atomic E-state index is -4.91. The molecule has 37 heavy (non-hydrogen) atoms. The number of aromatic nitrogens is 1. The number of halogens is 3. The minimum absolute atomic E-state index is 0.0374. The van der Waals surface area contributed by atoms with Gasteiger partial charge in [0.1, 0.15) is 23.5 Å². The Morgan fingerprint density at radius 1 is 1.16 bits per heavy atom. The standard InChI is InChI=1S/C24H29F3N4O6/c1-12(2)9-16(21(33)31-18(23(35)36-3)10-13-7-8-28-20(13)32)30-22(34)17-11-14-15(29-17)5-4-6-19(14)37-24(25,26)27/h4-6,11-13,16,18,29H,7-10H2,1-3H3,(H,28,32)(H,30,34)(H,31,33)/t13-,16-,18-/m0/s1. The zero-order chi connectivity index (χ0) is 27.3. The molecule has 1 aromatic heterocycles. The summed E-state index contributed by atoms with van der Waals surface area (Å²) in [6, 6.07) is 2.97. The van der Waals surface area contributed by atoms with E-state index >= 15 is 0 Å². The van der Waals surface area contributed by atoms with Gasteiger partial charge in [-0.25, -0.2) is 4.79 Å². The van der Waals surface area contributed by atoms with Crippen LogP contribution in [0.15, 0.2) is 24.3 Å². The highest BCUT2D eigenvalue weighted by atomic mass is 19.4. The fourth-order valence-corrected chi connectivity index (χ4v) is 4.19. The molecule has 3 atom stereocenters. The molecule has 1 aromatic carbocycles. The second-order valence-corrected chi connectivity index (χ2v) is 9.20. The highest BCUT2D eigenvalue weighted by molar-refractivity contribution is 6.01. The first-order chi connectivity index (χ1) is 17.4. The lowest BCUT2D eigenvalue weighted by atomic mass is 9.97. The van der Waals surface area contributed by atoms with Crippen molar-refractivity contribution < 1.29 is 41.8 Å². The number of fused-ring (bicyclic) bond motifs is 1. The van der Waals surface area contributed by atoms with Gasteiger partial charge >= 0.3 is 12.3 Å². The van der Waals surface area contributed by atoms with Crippen molar-refractivity contribution in [3.63, 3.8) is 0 Å². The summed E-state index contributed by atoms with van der Waals surface area (Å²) in [7, 11) is 1.16. The molecule has 0 saturated carbocycles. The Morgan fingerprint density at radius 2 is 1.89 bits per heavy atom. The predicted molar refractivity (Wildman–Crippen MR) is 125 cm³/mol. The number of nitrogens with one attached hydrogen (secondary N) is 4. The molecule has 202 valence electrons. The van der Waals surface area contributed by atoms with E-state index in [1.54, 1.807) is 0 Å². The van der Waals surface area contributed by atoms with Gasteiger partial charge in [0.05, 0.1) is 7.11 Å². The highest BCUT2D eigenvalue weighted by Crippen LogP contribution is 2.31. The van der Waals surface area contributed by atoms with Crippen LogP contribution in [0.2, 0.25) is 0 Å². The number of H-pyrrole nitrogens is 1. The molecule has 2 heterocycles. The number of methoxy groups -OCH3 is 1. The first-order valence-electron chi connectivity index (χ1n) is 11.7. The zero-order valence-electron chi connectivity index (χ0n) is 20.5. The molecule has 1 saturated heterocycles. The molecule has 1 aliphatic heterocycles. The Labute approximate surface area is 210 Å². The lowest BCUT2D eigenvalue weighted by Gasteiger charge is -2.24. The normalized spacial score (nSPS) is 17.3. The number of benzene rings is 1. The van der Waals surface area contributed by atoms with E-state index in [0.717, 1.165) is 13.2 Å². The van der Waals surface area contributed by atoms with Crippen LogP contribution in [0.4, 0.5) is 13.2 Å². The Bertz CT molecular complexity index is 1160. The van der Waals surface area contributed by atoms with E-state index in [1.165, 1.54) is 18.2 Å². The monoisotopic (exact) mass is 526 g/mol. The average Bonchev–Trinajstić information content (AvgIpc) is 3.43. The summed E-state index contributed by atoms with van der Waals surface area (Å²) in [6.45, 7) is 4.13. The third-order valence-electron chi connectivity index (χ3n) is 5.91. The zero-order valence-corrected chi connectivity index (χ0v) is 20.5. The number of hydrogen-bond donors (Lipinski definition) is 4. The molecular weight excluding hydrogens is 497 g/mol. The number of hydrogen-bond acceptors (Lipinski definition) is 6. The number of esters is 1. The van der Waals surface area contributed by atoms with E-state index in [1.807, 2.05) is 13.8 Å². The summed E-state index contributed by atoms with van der Waals surface area (Å²) in [5.74, 6) is -3.33. The Balaban J connectivity index is 1.77. The SMILES string of the molecule is COC(=O)[C@H](C[C@@H]1CCNC1=O)NC(=O)[C@H](CC(C)C)NC(=O)c1cc2c(OC(F)(F)F)cccc2[nH]1. The molecule has 1 aliphatic rings. The van der Waals surface area contributed by atoms with Gasteiger partial charge < -0.3 is 30.4 Å². The van der Waals surface area contributed by atoms with E-state index in [0.29, 0.717) is 13.0 Å². The first kappa shape index (κ1) is 27.8. The highest BCUT2D eigenvalue weighted by Gasteiger charge is 2.34. The molecule has 0 aliphatic carbocycles. The fourth-order valence-electron chi connectivity index (χ4n) is 4.19. The van der Waals surface area contributed by atoms with Crippen molar-refractivity contribution in [1.29, 1.82) is 0 Å². The number of carbonyl (C=O) groups is 4. The van der Waals surface area contributed by atoms with Gasteiger partial charge in [0.15, 0.2) is 0 Å². The largest absolute Gasteiger partial charge is 0.573 e. The minimum Gasteiger partial charge on any atom is -0.467 e. The predicted octanol–water partition coefficient (Wildman–Crippen LogP) is 2.39. The van der Waals surface area contributed by atoms with Crippen molar-refractivity contribution in [2.75, 3.05) is 13.7 Å². The van der Waals surface area contributed by atoms with E-state index in [-0.39, 0.29) is 41.3 Å². The van der Waals surface area contributed by atoms with Crippen molar-refractivity contribution in [1.82, 2.24) is 20.9 Å². The third-order valence-corrected chi connectivity index (χ3v) is 5.91. The lowest BCUT2D eigenvalue weighted by Crippen LogP contribution is -2.53. The smallest absolute Gasteiger partial charge is 0.467 e. The Kier molecular flexibility index (Phi) is 8.66. The van der Waals surface area contributed by atoms with Crippen molar-refractivity contribution in [2.24, 2.45) is 11.8 Å². The number of ether oxygens (including phenoxy) is 2. The number of rotatable bonds is 10. The van der Waals surface area contributed by atoms with Gasteiger partial charge in [0.25, 0.3) is 5.91 Å². The van der Waals surface area contributed by atoms with Crippen molar-refractivity contribution in [3.05, 3.63) is 30.0 Å². The van der Waals surface area contributed by atoms with E-state index < -0.39 is 47.9 Å². The molecule has 0 unspecified atom stereocenters. The molecule has 3 rings (SSSR count). The second kappa shape index (κ2) is 11.5. The van der Waals surface area contributed by atoms with Crippen LogP contribution in [0.25, 0.3) is 10.9 Å². The van der Waals surface area contributed by atoms with E-state index in [2.05, 4.69) is 25.7 Å². The number of alkyl halides is 3. The van der Waals surface area contributed by atoms with Crippen LogP contribution >= 0.6 is 0 Å². The molecule has 4 N–H and O–H groups in total. The molecular formula is C24H29F3N4O6. The number of aromatic amines is 1. The van der Waals surface area contributed by atoms with Crippen LogP contribution in [-0.2, 0) is 19.1 Å². The van der Waals surface area contributed by atoms with Crippen LogP contribution in [0.3, 0.4) is 0 Å². The van der Waals surface area contributed by atoms with Crippen LogP contribution < -0.4 is 20.7 Å². The van der Waals surface area contributed by atoms with E-state index in [4.69, 9.17) is 4.74 Å². The summed E-state index contributed by atoms with van der Waals surface area (Å²) in [6.07, 6.45) is -4.16. The molecule has 1 fully saturated rings. The summed E-state index contributed by atoms with van der Waals surface area (Å²) >= 11 is 0. The van der Waals surface area contributed by atoms with Crippen molar-refractivity contribution in [2.45, 2.75) is 51.6 Å². The molecule has 3 amide bonds. The second-order valence-electron chi connectivity index (χ2n) is 9.20. The topological polar surface area (TPSA) is 139 Å². The maximum Gasteiger partial charge on any atom is 0.573 e. The Morgan fingerprint density at radius 3 is 2.49 bits per heavy atom. The van der Waals surface area contributed by atoms with Gasteiger partial charge in [-0.1, -0.05) is 19.9 Å². The summed E-state index contributed by atoms with van der Waals surface area (Å²) in [5, 5.41) is 7.86. The first-order valence-corrected chi connectivity index (χ1v) is 11.7. The van der Waals surface area contributed by atoms with Gasteiger partial charge in [0, 0.05) is 23.4 Å². The maximum atomic E-state index is 13.1. The van der Waals surface area contributed by atoms with Crippen molar-refractivity contribution >= 4 is 34.6 Å². The summed E-state index contributed by atoms with van der Waals surface area (Å²) in [5.41, 5.74) is 0.152. The summed E-state index contributed by atoms with van der Waals surface area (Å²) in [4.78, 5) is 53.1. The average molecular weight is 527 g/mol. The molecule has 0 spiro atoms. The maximum absolute atomic E-state index is 13.1. The third kappa shape index (κ3) is 7.37. The van der Waals surface area contributed by atoms with Gasteiger partial charge in [-0.05, 0) is 43.4 Å². The molecule has 0 radical (unpaired) electrons. The molecule has 0 bridgehead atoms. The molecule has 10 nitrogen and oxygen atoms in total. The van der Waals surface area contributed by atoms with Crippen LogP contribution in [0, 0.1) is 11.8 Å². The van der Waals surface area contributed by atoms with Crippen molar-refractivity contribution in [3.8, 4) is 5.75 Å². The van der Waals surface area contributed by atoms with Gasteiger partial charge in [0.2, 0.25) is 11.8 Å². The van der Waals surface area contributed by atoms with Gasteiger partial charge in [-0.3, -0.25) is 14.4 Å². The quantitative estimate of drug-likeness (QED) is 0.351. The Hall–Kier alpha value is -3.77. The van der Waals surface area contributed by atoms with Gasteiger partial charge in [-0.15, -0.1) is 13.2 Å². The van der Waals surface area contributed by atoms with Crippen LogP contribution in [0.5, 0.6) is 5.75 Å². The lowest BCUT2D eigenvalue weighted by molar-refractivity contribution is -0.274. The number of amides is 3. The van der Waals surface area contributed by atoms with Crippen LogP contribution in [-0.4, -0.2) is 60.8 Å². The molecule has 13 heteroatoms. The summed E-state index contributed by atoms with van der Waals surface area (Å²) < 4.78 is 47.0. The van der Waals surface area contributed by atoms with Gasteiger partial charge in [-0.2, -0.15) is 0 Å². The fraction of sp³-hybridized carbons (Fsp3) is 0.500. The number of carbonyl (C=O) groups excluding carboxylic acids is 4.